The Balaban J connectivity index is 2.34. The van der Waals surface area contributed by atoms with Gasteiger partial charge in [0.1, 0.15) is 6.04 Å². The summed E-state index contributed by atoms with van der Waals surface area (Å²) in [6, 6.07) is -0.245. The van der Waals surface area contributed by atoms with Gasteiger partial charge in [-0.15, -0.1) is 0 Å². The molecule has 3 N–H and O–H groups in total. The lowest BCUT2D eigenvalue weighted by atomic mass is 10.0. The van der Waals surface area contributed by atoms with E-state index in [-0.39, 0.29) is 17.9 Å². The highest BCUT2D eigenvalue weighted by molar-refractivity contribution is 5.84. The number of hydrogen-bond donors (Lipinski definition) is 2. The molecular formula is C12H21N7O. The van der Waals surface area contributed by atoms with Crippen LogP contribution in [0.5, 0.6) is 0 Å². The minimum absolute atomic E-state index is 0.0184. The summed E-state index contributed by atoms with van der Waals surface area (Å²) >= 11 is 0. The Hall–Kier alpha value is -2.12. The van der Waals surface area contributed by atoms with E-state index in [1.54, 1.807) is 11.9 Å². The standard InChI is InChI=1S/C12H21N7O/c1-14-9(20)8-6-4-5-7-19(8)12-16-10(13)15-11(17-12)18(2)3/h8H,4-7H2,1-3H3,(H,14,20)(H2,13,15,16,17). The van der Waals surface area contributed by atoms with Crippen LogP contribution < -0.4 is 20.9 Å². The molecule has 1 atom stereocenters. The van der Waals surface area contributed by atoms with Crippen molar-refractivity contribution in [3.05, 3.63) is 0 Å². The molecule has 0 saturated carbocycles. The van der Waals surface area contributed by atoms with Crippen molar-refractivity contribution in [3.63, 3.8) is 0 Å². The van der Waals surface area contributed by atoms with E-state index in [9.17, 15) is 4.79 Å². The number of hydrogen-bond acceptors (Lipinski definition) is 7. The summed E-state index contributed by atoms with van der Waals surface area (Å²) < 4.78 is 0. The fourth-order valence-electron chi connectivity index (χ4n) is 2.31. The zero-order valence-corrected chi connectivity index (χ0v) is 12.1. The highest BCUT2D eigenvalue weighted by Gasteiger charge is 2.30. The van der Waals surface area contributed by atoms with Crippen LogP contribution in [0.3, 0.4) is 0 Å². The Kier molecular flexibility index (Phi) is 4.21. The number of likely N-dealkylation sites (N-methyl/N-ethyl adjacent to an activating group) is 1. The third-order valence-corrected chi connectivity index (χ3v) is 3.34. The Morgan fingerprint density at radius 3 is 2.75 bits per heavy atom. The van der Waals surface area contributed by atoms with Gasteiger partial charge in [-0.2, -0.15) is 15.0 Å². The normalized spacial score (nSPS) is 18.8. The SMILES string of the molecule is CNC(=O)C1CCCCN1c1nc(N)nc(N(C)C)n1. The van der Waals surface area contributed by atoms with Crippen molar-refractivity contribution < 1.29 is 4.79 Å². The van der Waals surface area contributed by atoms with Gasteiger partial charge in [-0.25, -0.2) is 0 Å². The van der Waals surface area contributed by atoms with E-state index in [2.05, 4.69) is 20.3 Å². The van der Waals surface area contributed by atoms with Crippen LogP contribution in [-0.4, -0.2) is 54.6 Å². The van der Waals surface area contributed by atoms with Gasteiger partial charge in [-0.05, 0) is 19.3 Å². The molecule has 1 aliphatic heterocycles. The lowest BCUT2D eigenvalue weighted by molar-refractivity contribution is -0.122. The number of nitrogens with one attached hydrogen (secondary N) is 1. The predicted molar refractivity (Wildman–Crippen MR) is 77.6 cm³/mol. The Bertz CT molecular complexity index is 491. The smallest absolute Gasteiger partial charge is 0.242 e. The van der Waals surface area contributed by atoms with Crippen LogP contribution in [0.1, 0.15) is 19.3 Å². The first kappa shape index (κ1) is 14.3. The Morgan fingerprint density at radius 1 is 1.35 bits per heavy atom. The Morgan fingerprint density at radius 2 is 2.10 bits per heavy atom. The molecule has 1 amide bonds. The first-order valence-corrected chi connectivity index (χ1v) is 6.70. The molecule has 2 heterocycles. The van der Waals surface area contributed by atoms with Crippen molar-refractivity contribution in [1.29, 1.82) is 0 Å². The molecule has 20 heavy (non-hydrogen) atoms. The van der Waals surface area contributed by atoms with Gasteiger partial charge in [0.2, 0.25) is 23.8 Å². The number of amides is 1. The lowest BCUT2D eigenvalue weighted by Crippen LogP contribution is -2.49. The van der Waals surface area contributed by atoms with Crippen LogP contribution in [0.4, 0.5) is 17.8 Å². The monoisotopic (exact) mass is 279 g/mol. The summed E-state index contributed by atoms with van der Waals surface area (Å²) in [5.41, 5.74) is 5.74. The maximum atomic E-state index is 12.0. The molecule has 1 aromatic rings. The largest absolute Gasteiger partial charge is 0.368 e. The van der Waals surface area contributed by atoms with Crippen LogP contribution in [0.2, 0.25) is 0 Å². The molecule has 8 heteroatoms. The minimum Gasteiger partial charge on any atom is -0.368 e. The zero-order valence-electron chi connectivity index (χ0n) is 12.1. The zero-order chi connectivity index (χ0) is 14.7. The summed E-state index contributed by atoms with van der Waals surface area (Å²) in [5.74, 6) is 1.11. The van der Waals surface area contributed by atoms with Crippen LogP contribution in [0.25, 0.3) is 0 Å². The molecule has 110 valence electrons. The first-order chi connectivity index (χ1) is 9.52. The van der Waals surface area contributed by atoms with Crippen LogP contribution in [-0.2, 0) is 4.79 Å². The maximum Gasteiger partial charge on any atom is 0.242 e. The van der Waals surface area contributed by atoms with Gasteiger partial charge in [0.25, 0.3) is 0 Å². The average molecular weight is 279 g/mol. The molecule has 1 aromatic heterocycles. The van der Waals surface area contributed by atoms with E-state index < -0.39 is 0 Å². The number of aromatic nitrogens is 3. The molecule has 1 fully saturated rings. The summed E-state index contributed by atoms with van der Waals surface area (Å²) in [7, 11) is 5.32. The van der Waals surface area contributed by atoms with E-state index in [1.165, 1.54) is 0 Å². The van der Waals surface area contributed by atoms with Gasteiger partial charge < -0.3 is 20.9 Å². The topological polar surface area (TPSA) is 100 Å². The van der Waals surface area contributed by atoms with Crippen LogP contribution in [0, 0.1) is 0 Å². The summed E-state index contributed by atoms with van der Waals surface area (Å²) in [6.07, 6.45) is 2.83. The molecule has 0 bridgehead atoms. The molecule has 1 aliphatic rings. The number of carbonyl (C=O) groups excluding carboxylic acids is 1. The van der Waals surface area contributed by atoms with E-state index in [1.807, 2.05) is 19.0 Å². The fraction of sp³-hybridized carbons (Fsp3) is 0.667. The number of nitrogen functional groups attached to an aromatic ring is 1. The second-order valence-electron chi connectivity index (χ2n) is 5.01. The maximum absolute atomic E-state index is 12.0. The van der Waals surface area contributed by atoms with Gasteiger partial charge in [0, 0.05) is 27.7 Å². The number of nitrogens with two attached hydrogens (primary N) is 1. The third-order valence-electron chi connectivity index (χ3n) is 3.34. The van der Waals surface area contributed by atoms with Crippen molar-refractivity contribution in [1.82, 2.24) is 20.3 Å². The van der Waals surface area contributed by atoms with E-state index >= 15 is 0 Å². The Labute approximate surface area is 118 Å². The van der Waals surface area contributed by atoms with Crippen molar-refractivity contribution >= 4 is 23.8 Å². The molecule has 8 nitrogen and oxygen atoms in total. The van der Waals surface area contributed by atoms with E-state index in [0.717, 1.165) is 25.8 Å². The number of piperidine rings is 1. The quantitative estimate of drug-likeness (QED) is 0.778. The van der Waals surface area contributed by atoms with Crippen molar-refractivity contribution in [3.8, 4) is 0 Å². The van der Waals surface area contributed by atoms with Crippen LogP contribution in [0.15, 0.2) is 0 Å². The average Bonchev–Trinajstić information content (AvgIpc) is 2.45. The van der Waals surface area contributed by atoms with Gasteiger partial charge in [0.05, 0.1) is 0 Å². The summed E-state index contributed by atoms with van der Waals surface area (Å²) in [6.45, 7) is 0.744. The first-order valence-electron chi connectivity index (χ1n) is 6.70. The summed E-state index contributed by atoms with van der Waals surface area (Å²) in [5, 5.41) is 2.69. The van der Waals surface area contributed by atoms with E-state index in [4.69, 9.17) is 5.73 Å². The molecular weight excluding hydrogens is 258 g/mol. The van der Waals surface area contributed by atoms with Crippen molar-refractivity contribution in [2.75, 3.05) is 43.2 Å². The molecule has 0 spiro atoms. The van der Waals surface area contributed by atoms with Gasteiger partial charge in [-0.1, -0.05) is 0 Å². The van der Waals surface area contributed by atoms with Gasteiger partial charge in [-0.3, -0.25) is 4.79 Å². The lowest BCUT2D eigenvalue weighted by Gasteiger charge is -2.34. The van der Waals surface area contributed by atoms with Crippen molar-refractivity contribution in [2.45, 2.75) is 25.3 Å². The molecule has 2 rings (SSSR count). The molecule has 1 saturated heterocycles. The number of rotatable bonds is 3. The van der Waals surface area contributed by atoms with Gasteiger partial charge in [0.15, 0.2) is 0 Å². The minimum atomic E-state index is -0.245. The molecule has 1 unspecified atom stereocenters. The van der Waals surface area contributed by atoms with Crippen LogP contribution >= 0.6 is 0 Å². The summed E-state index contributed by atoms with van der Waals surface area (Å²) in [4.78, 5) is 28.3. The van der Waals surface area contributed by atoms with Gasteiger partial charge >= 0.3 is 0 Å². The number of nitrogens with zero attached hydrogens (tertiary/aromatic N) is 5. The third kappa shape index (κ3) is 2.89. The van der Waals surface area contributed by atoms with E-state index in [0.29, 0.717) is 11.9 Å². The highest BCUT2D eigenvalue weighted by atomic mass is 16.2. The predicted octanol–water partition coefficient (Wildman–Crippen LogP) is -0.375. The fourth-order valence-corrected chi connectivity index (χ4v) is 2.31. The second kappa shape index (κ2) is 5.89. The molecule has 0 aromatic carbocycles. The number of carbonyl (C=O) groups is 1. The van der Waals surface area contributed by atoms with Crippen molar-refractivity contribution in [2.24, 2.45) is 0 Å². The second-order valence-corrected chi connectivity index (χ2v) is 5.01. The molecule has 0 aliphatic carbocycles. The molecule has 0 radical (unpaired) electrons. The highest BCUT2D eigenvalue weighted by Crippen LogP contribution is 2.23. The number of anilines is 3.